The van der Waals surface area contributed by atoms with Crippen LogP contribution in [0.3, 0.4) is 0 Å². The third-order valence-corrected chi connectivity index (χ3v) is 2.76. The summed E-state index contributed by atoms with van der Waals surface area (Å²) in [6, 6.07) is 2.67. The molecule has 0 aliphatic carbocycles. The maximum atomic E-state index is 13.3. The Hall–Kier alpha value is -1.69. The van der Waals surface area contributed by atoms with Crippen molar-refractivity contribution >= 4 is 5.97 Å². The third-order valence-electron chi connectivity index (χ3n) is 2.76. The van der Waals surface area contributed by atoms with Crippen LogP contribution in [0.15, 0.2) is 18.2 Å². The van der Waals surface area contributed by atoms with Gasteiger partial charge in [0.25, 0.3) is 0 Å². The number of hydrogen-bond acceptors (Lipinski definition) is 4. The number of carbonyl (C=O) groups is 1. The van der Waals surface area contributed by atoms with Crippen molar-refractivity contribution in [2.75, 3.05) is 13.7 Å². The summed E-state index contributed by atoms with van der Waals surface area (Å²) in [6.45, 7) is 0.413. The summed E-state index contributed by atoms with van der Waals surface area (Å²) in [5, 5.41) is 2.91. The van der Waals surface area contributed by atoms with E-state index in [-0.39, 0.29) is 17.8 Å². The van der Waals surface area contributed by atoms with Crippen LogP contribution < -0.4 is 10.1 Å². The molecule has 98 valence electrons. The SMILES string of the molecule is COC(=O)[C@@H]1C[C@@H](Oc2ccc(F)cc2F)CN1. The van der Waals surface area contributed by atoms with Crippen molar-refractivity contribution in [1.29, 1.82) is 0 Å². The first-order valence-electron chi connectivity index (χ1n) is 5.53. The van der Waals surface area contributed by atoms with Crippen LogP contribution in [0.2, 0.25) is 0 Å². The average molecular weight is 257 g/mol. The number of hydrogen-bond donors (Lipinski definition) is 1. The lowest BCUT2D eigenvalue weighted by molar-refractivity contribution is -0.142. The molecule has 1 heterocycles. The summed E-state index contributed by atoms with van der Waals surface area (Å²) < 4.78 is 36.0. The van der Waals surface area contributed by atoms with Gasteiger partial charge in [0.2, 0.25) is 0 Å². The molecule has 6 heteroatoms. The van der Waals surface area contributed by atoms with E-state index in [4.69, 9.17) is 4.74 Å². The van der Waals surface area contributed by atoms with Crippen LogP contribution in [0.25, 0.3) is 0 Å². The largest absolute Gasteiger partial charge is 0.486 e. The number of esters is 1. The molecule has 1 aliphatic rings. The fraction of sp³-hybridized carbons (Fsp3) is 0.417. The molecular formula is C12H13F2NO3. The van der Waals surface area contributed by atoms with E-state index in [1.54, 1.807) is 0 Å². The van der Waals surface area contributed by atoms with Gasteiger partial charge in [-0.3, -0.25) is 4.79 Å². The first kappa shape index (κ1) is 12.8. The molecule has 1 aliphatic heterocycles. The van der Waals surface area contributed by atoms with Gasteiger partial charge in [-0.05, 0) is 12.1 Å². The number of rotatable bonds is 3. The summed E-state index contributed by atoms with van der Waals surface area (Å²) >= 11 is 0. The Kier molecular flexibility index (Phi) is 3.76. The fourth-order valence-corrected chi connectivity index (χ4v) is 1.87. The van der Waals surface area contributed by atoms with Crippen molar-refractivity contribution in [2.45, 2.75) is 18.6 Å². The van der Waals surface area contributed by atoms with E-state index in [0.717, 1.165) is 12.1 Å². The van der Waals surface area contributed by atoms with Crippen molar-refractivity contribution in [3.05, 3.63) is 29.8 Å². The van der Waals surface area contributed by atoms with Gasteiger partial charge < -0.3 is 14.8 Å². The number of methoxy groups -OCH3 is 1. The van der Waals surface area contributed by atoms with Crippen molar-refractivity contribution in [1.82, 2.24) is 5.32 Å². The second-order valence-corrected chi connectivity index (χ2v) is 4.03. The third kappa shape index (κ3) is 2.76. The van der Waals surface area contributed by atoms with E-state index in [1.807, 2.05) is 0 Å². The topological polar surface area (TPSA) is 47.6 Å². The van der Waals surface area contributed by atoms with Gasteiger partial charge in [0.15, 0.2) is 11.6 Å². The van der Waals surface area contributed by atoms with Gasteiger partial charge in [0.05, 0.1) is 7.11 Å². The molecule has 1 saturated heterocycles. The summed E-state index contributed by atoms with van der Waals surface area (Å²) in [5.74, 6) is -1.80. The minimum atomic E-state index is -0.753. The lowest BCUT2D eigenvalue weighted by Gasteiger charge is -2.13. The number of halogens is 2. The maximum absolute atomic E-state index is 13.3. The lowest BCUT2D eigenvalue weighted by Crippen LogP contribution is -2.31. The van der Waals surface area contributed by atoms with Crippen molar-refractivity contribution in [3.8, 4) is 5.75 Å². The average Bonchev–Trinajstić information content (AvgIpc) is 2.80. The molecule has 2 atom stereocenters. The molecule has 0 bridgehead atoms. The Balaban J connectivity index is 1.97. The number of ether oxygens (including phenoxy) is 2. The Bertz CT molecular complexity index is 453. The quantitative estimate of drug-likeness (QED) is 0.828. The molecule has 0 spiro atoms. The summed E-state index contributed by atoms with van der Waals surface area (Å²) in [7, 11) is 1.30. The minimum absolute atomic E-state index is 0.0197. The molecule has 4 nitrogen and oxygen atoms in total. The highest BCUT2D eigenvalue weighted by Gasteiger charge is 2.31. The molecule has 0 aromatic heterocycles. The van der Waals surface area contributed by atoms with Gasteiger partial charge in [-0.25, -0.2) is 8.78 Å². The zero-order chi connectivity index (χ0) is 13.1. The summed E-state index contributed by atoms with van der Waals surface area (Å²) in [5.41, 5.74) is 0. The molecule has 2 rings (SSSR count). The monoisotopic (exact) mass is 257 g/mol. The van der Waals surface area contributed by atoms with Gasteiger partial charge in [-0.2, -0.15) is 0 Å². The van der Waals surface area contributed by atoms with Crippen LogP contribution in [0.4, 0.5) is 8.78 Å². The summed E-state index contributed by atoms with van der Waals surface area (Å²) in [6.07, 6.45) is 0.0535. The highest BCUT2D eigenvalue weighted by atomic mass is 19.1. The Morgan fingerprint density at radius 2 is 2.22 bits per heavy atom. The standard InChI is InChI=1S/C12H13F2NO3/c1-17-12(16)10-5-8(6-15-10)18-11-3-2-7(13)4-9(11)14/h2-4,8,10,15H,5-6H2,1H3/t8-,10+/m1/s1. The van der Waals surface area contributed by atoms with Crippen LogP contribution in [0.1, 0.15) is 6.42 Å². The number of benzene rings is 1. The highest BCUT2D eigenvalue weighted by Crippen LogP contribution is 2.22. The predicted octanol–water partition coefficient (Wildman–Crippen LogP) is 1.25. The molecule has 0 radical (unpaired) electrons. The number of carbonyl (C=O) groups excluding carboxylic acids is 1. The Morgan fingerprint density at radius 1 is 1.44 bits per heavy atom. The van der Waals surface area contributed by atoms with Crippen LogP contribution >= 0.6 is 0 Å². The highest BCUT2D eigenvalue weighted by molar-refractivity contribution is 5.76. The first-order chi connectivity index (χ1) is 8.60. The minimum Gasteiger partial charge on any atom is -0.486 e. The van der Waals surface area contributed by atoms with Crippen LogP contribution in [0, 0.1) is 11.6 Å². The van der Waals surface area contributed by atoms with Gasteiger partial charge in [0, 0.05) is 19.0 Å². The van der Waals surface area contributed by atoms with E-state index in [0.29, 0.717) is 13.0 Å². The first-order valence-corrected chi connectivity index (χ1v) is 5.53. The normalized spacial score (nSPS) is 22.8. The zero-order valence-electron chi connectivity index (χ0n) is 9.78. The molecule has 1 N–H and O–H groups in total. The van der Waals surface area contributed by atoms with E-state index < -0.39 is 17.7 Å². The lowest BCUT2D eigenvalue weighted by atomic mass is 10.2. The van der Waals surface area contributed by atoms with Crippen molar-refractivity contribution < 1.29 is 23.0 Å². The Morgan fingerprint density at radius 3 is 2.89 bits per heavy atom. The molecule has 18 heavy (non-hydrogen) atoms. The van der Waals surface area contributed by atoms with Crippen molar-refractivity contribution in [2.24, 2.45) is 0 Å². The maximum Gasteiger partial charge on any atom is 0.323 e. The zero-order valence-corrected chi connectivity index (χ0v) is 9.78. The Labute approximate surface area is 103 Å². The molecule has 1 aromatic carbocycles. The smallest absolute Gasteiger partial charge is 0.323 e. The summed E-state index contributed by atoms with van der Waals surface area (Å²) in [4.78, 5) is 11.3. The second kappa shape index (κ2) is 5.30. The fourth-order valence-electron chi connectivity index (χ4n) is 1.87. The molecular weight excluding hydrogens is 244 g/mol. The predicted molar refractivity (Wildman–Crippen MR) is 59.2 cm³/mol. The van der Waals surface area contributed by atoms with Gasteiger partial charge in [-0.15, -0.1) is 0 Å². The molecule has 0 unspecified atom stereocenters. The number of nitrogens with one attached hydrogen (secondary N) is 1. The van der Waals surface area contributed by atoms with E-state index in [2.05, 4.69) is 10.1 Å². The van der Waals surface area contributed by atoms with Gasteiger partial charge in [0.1, 0.15) is 18.0 Å². The van der Waals surface area contributed by atoms with E-state index in [9.17, 15) is 13.6 Å². The molecule has 0 saturated carbocycles. The molecule has 0 amide bonds. The second-order valence-electron chi connectivity index (χ2n) is 4.03. The van der Waals surface area contributed by atoms with E-state index in [1.165, 1.54) is 13.2 Å². The van der Waals surface area contributed by atoms with Crippen LogP contribution in [-0.2, 0) is 9.53 Å². The molecule has 1 aromatic rings. The van der Waals surface area contributed by atoms with Gasteiger partial charge in [-0.1, -0.05) is 0 Å². The van der Waals surface area contributed by atoms with Crippen molar-refractivity contribution in [3.63, 3.8) is 0 Å². The van der Waals surface area contributed by atoms with Crippen LogP contribution in [0.5, 0.6) is 5.75 Å². The molecule has 1 fully saturated rings. The van der Waals surface area contributed by atoms with Crippen LogP contribution in [-0.4, -0.2) is 31.8 Å². The van der Waals surface area contributed by atoms with E-state index >= 15 is 0 Å². The van der Waals surface area contributed by atoms with Gasteiger partial charge >= 0.3 is 5.97 Å².